The maximum Gasteiger partial charge on any atom is 0.407 e. The van der Waals surface area contributed by atoms with E-state index in [9.17, 15) is 9.59 Å². The number of rotatable bonds is 7. The van der Waals surface area contributed by atoms with Gasteiger partial charge in [-0.1, -0.05) is 0 Å². The highest BCUT2D eigenvalue weighted by Gasteiger charge is 2.27. The maximum atomic E-state index is 12.2. The van der Waals surface area contributed by atoms with E-state index in [-0.39, 0.29) is 35.9 Å². The number of amides is 2. The van der Waals surface area contributed by atoms with Crippen LogP contribution in [0.2, 0.25) is 0 Å². The van der Waals surface area contributed by atoms with E-state index in [1.165, 1.54) is 0 Å². The van der Waals surface area contributed by atoms with E-state index in [2.05, 4.69) is 25.8 Å². The van der Waals surface area contributed by atoms with Crippen LogP contribution in [0.3, 0.4) is 0 Å². The fourth-order valence-corrected chi connectivity index (χ4v) is 3.15. The van der Waals surface area contributed by atoms with Crippen molar-refractivity contribution < 1.29 is 19.1 Å². The summed E-state index contributed by atoms with van der Waals surface area (Å²) in [5.41, 5.74) is 0.0574. The number of hydrogen-bond donors (Lipinski definition) is 3. The second-order valence-corrected chi connectivity index (χ2v) is 8.30. The summed E-state index contributed by atoms with van der Waals surface area (Å²) >= 11 is 0. The fraction of sp³-hybridized carbons (Fsp3) is 0.591. The molecule has 1 aromatic rings. The van der Waals surface area contributed by atoms with Crippen LogP contribution in [0.4, 0.5) is 4.79 Å². The van der Waals surface area contributed by atoms with Crippen LogP contribution in [0.15, 0.2) is 29.3 Å². The summed E-state index contributed by atoms with van der Waals surface area (Å²) < 4.78 is 10.4. The van der Waals surface area contributed by atoms with E-state index in [4.69, 9.17) is 9.47 Å². The standard InChI is InChI=1S/C22H35N5O4.HI/c1-6-23-20(27-14-11-17(15-27)26-21(29)31-22(2,3)4)25-13-12-24-19(28)16-7-9-18(30-5)10-8-16;/h7-10,17H,6,11-15H2,1-5H3,(H,23,25)(H,24,28)(H,26,29);1H. The molecule has 1 fully saturated rings. The molecule has 0 saturated carbocycles. The number of likely N-dealkylation sites (tertiary alicyclic amines) is 1. The SMILES string of the molecule is CCNC(=NCCNC(=O)c1ccc(OC)cc1)N1CCC(NC(=O)OC(C)(C)C)C1.I. The normalized spacial score (nSPS) is 16.1. The topological polar surface area (TPSA) is 104 Å². The summed E-state index contributed by atoms with van der Waals surface area (Å²) in [6.45, 7) is 10.6. The second kappa shape index (κ2) is 13.3. The zero-order valence-corrected chi connectivity index (χ0v) is 21.9. The molecule has 0 aromatic heterocycles. The average Bonchev–Trinajstić information content (AvgIpc) is 3.16. The van der Waals surface area contributed by atoms with Crippen LogP contribution in [0.5, 0.6) is 5.75 Å². The number of aliphatic imine (C=N–C) groups is 1. The first-order chi connectivity index (χ1) is 14.7. The first-order valence-corrected chi connectivity index (χ1v) is 10.7. The van der Waals surface area contributed by atoms with Gasteiger partial charge in [0.2, 0.25) is 0 Å². The predicted octanol–water partition coefficient (Wildman–Crippen LogP) is 2.61. The molecule has 32 heavy (non-hydrogen) atoms. The van der Waals surface area contributed by atoms with Crippen molar-refractivity contribution in [3.8, 4) is 5.75 Å². The van der Waals surface area contributed by atoms with E-state index in [1.54, 1.807) is 31.4 Å². The van der Waals surface area contributed by atoms with Gasteiger partial charge in [-0.05, 0) is 58.4 Å². The summed E-state index contributed by atoms with van der Waals surface area (Å²) in [6.07, 6.45) is 0.417. The van der Waals surface area contributed by atoms with Gasteiger partial charge in [0, 0.05) is 31.7 Å². The molecule has 0 bridgehead atoms. The van der Waals surface area contributed by atoms with E-state index in [0.717, 1.165) is 25.5 Å². The Labute approximate surface area is 207 Å². The van der Waals surface area contributed by atoms with Gasteiger partial charge in [0.25, 0.3) is 5.91 Å². The second-order valence-electron chi connectivity index (χ2n) is 8.30. The van der Waals surface area contributed by atoms with Gasteiger partial charge >= 0.3 is 6.09 Å². The third-order valence-corrected chi connectivity index (χ3v) is 4.55. The average molecular weight is 561 g/mol. The number of methoxy groups -OCH3 is 1. The largest absolute Gasteiger partial charge is 0.497 e. The van der Waals surface area contributed by atoms with E-state index in [0.29, 0.717) is 30.9 Å². The van der Waals surface area contributed by atoms with Crippen molar-refractivity contribution in [2.75, 3.05) is 39.8 Å². The van der Waals surface area contributed by atoms with Crippen molar-refractivity contribution in [1.29, 1.82) is 0 Å². The lowest BCUT2D eigenvalue weighted by Gasteiger charge is -2.23. The van der Waals surface area contributed by atoms with Crippen molar-refractivity contribution in [2.45, 2.75) is 45.8 Å². The van der Waals surface area contributed by atoms with Gasteiger partial charge in [-0.2, -0.15) is 0 Å². The molecule has 9 nitrogen and oxygen atoms in total. The zero-order chi connectivity index (χ0) is 22.9. The number of halogens is 1. The Kier molecular flexibility index (Phi) is 11.6. The summed E-state index contributed by atoms with van der Waals surface area (Å²) in [6, 6.07) is 6.97. The third kappa shape index (κ3) is 9.49. The number of carbonyl (C=O) groups is 2. The number of alkyl carbamates (subject to hydrolysis) is 1. The van der Waals surface area contributed by atoms with Gasteiger partial charge in [-0.25, -0.2) is 4.79 Å². The van der Waals surface area contributed by atoms with Gasteiger partial charge in [-0.15, -0.1) is 24.0 Å². The Hall–Kier alpha value is -2.24. The van der Waals surface area contributed by atoms with Gasteiger partial charge < -0.3 is 30.3 Å². The van der Waals surface area contributed by atoms with Gasteiger partial charge in [0.1, 0.15) is 11.4 Å². The summed E-state index contributed by atoms with van der Waals surface area (Å²) in [4.78, 5) is 31.0. The van der Waals surface area contributed by atoms with Crippen molar-refractivity contribution in [2.24, 2.45) is 4.99 Å². The molecule has 0 radical (unpaired) electrons. The van der Waals surface area contributed by atoms with E-state index >= 15 is 0 Å². The maximum absolute atomic E-state index is 12.2. The van der Waals surface area contributed by atoms with Crippen molar-refractivity contribution in [1.82, 2.24) is 20.9 Å². The van der Waals surface area contributed by atoms with Crippen LogP contribution in [0.25, 0.3) is 0 Å². The smallest absolute Gasteiger partial charge is 0.407 e. The van der Waals surface area contributed by atoms with Crippen LogP contribution in [-0.2, 0) is 4.74 Å². The van der Waals surface area contributed by atoms with Gasteiger partial charge in [0.05, 0.1) is 19.7 Å². The molecule has 180 valence electrons. The monoisotopic (exact) mass is 561 g/mol. The molecule has 1 aliphatic heterocycles. The molecule has 1 aliphatic rings. The molecule has 2 rings (SSSR count). The number of guanidine groups is 1. The molecule has 1 heterocycles. The molecule has 1 aromatic carbocycles. The summed E-state index contributed by atoms with van der Waals surface area (Å²) in [5.74, 6) is 1.34. The molecule has 0 spiro atoms. The molecule has 10 heteroatoms. The summed E-state index contributed by atoms with van der Waals surface area (Å²) in [7, 11) is 1.59. The fourth-order valence-electron chi connectivity index (χ4n) is 3.15. The quantitative estimate of drug-likeness (QED) is 0.205. The lowest BCUT2D eigenvalue weighted by atomic mass is 10.2. The number of benzene rings is 1. The number of carbonyl (C=O) groups excluding carboxylic acids is 2. The van der Waals surface area contributed by atoms with Crippen LogP contribution in [0, 0.1) is 0 Å². The van der Waals surface area contributed by atoms with Crippen LogP contribution in [0.1, 0.15) is 44.5 Å². The Balaban J connectivity index is 0.00000512. The Morgan fingerprint density at radius 3 is 2.47 bits per heavy atom. The van der Waals surface area contributed by atoms with Gasteiger partial charge in [-0.3, -0.25) is 9.79 Å². The van der Waals surface area contributed by atoms with Gasteiger partial charge in [0.15, 0.2) is 5.96 Å². The highest BCUT2D eigenvalue weighted by molar-refractivity contribution is 14.0. The molecule has 1 unspecified atom stereocenters. The van der Waals surface area contributed by atoms with Crippen LogP contribution < -0.4 is 20.7 Å². The minimum absolute atomic E-state index is 0. The lowest BCUT2D eigenvalue weighted by molar-refractivity contribution is 0.0507. The van der Waals surface area contributed by atoms with E-state index < -0.39 is 11.7 Å². The Morgan fingerprint density at radius 2 is 1.88 bits per heavy atom. The predicted molar refractivity (Wildman–Crippen MR) is 136 cm³/mol. The molecule has 1 atom stereocenters. The Bertz CT molecular complexity index is 765. The first-order valence-electron chi connectivity index (χ1n) is 10.7. The van der Waals surface area contributed by atoms with Crippen molar-refractivity contribution in [3.63, 3.8) is 0 Å². The minimum atomic E-state index is -0.519. The first kappa shape index (κ1) is 27.8. The van der Waals surface area contributed by atoms with Crippen molar-refractivity contribution in [3.05, 3.63) is 29.8 Å². The highest BCUT2D eigenvalue weighted by atomic mass is 127. The molecule has 3 N–H and O–H groups in total. The Morgan fingerprint density at radius 1 is 1.19 bits per heavy atom. The molecular weight excluding hydrogens is 525 g/mol. The number of nitrogens with one attached hydrogen (secondary N) is 3. The zero-order valence-electron chi connectivity index (χ0n) is 19.6. The highest BCUT2D eigenvalue weighted by Crippen LogP contribution is 2.12. The molecule has 2 amide bonds. The molecule has 0 aliphatic carbocycles. The van der Waals surface area contributed by atoms with Crippen molar-refractivity contribution >= 4 is 41.9 Å². The number of ether oxygens (including phenoxy) is 2. The van der Waals surface area contributed by atoms with Crippen LogP contribution in [-0.4, -0.2) is 74.3 Å². The third-order valence-electron chi connectivity index (χ3n) is 4.55. The number of nitrogens with zero attached hydrogens (tertiary/aromatic N) is 2. The molecule has 1 saturated heterocycles. The van der Waals surface area contributed by atoms with E-state index in [1.807, 2.05) is 27.7 Å². The summed E-state index contributed by atoms with van der Waals surface area (Å²) in [5, 5.41) is 9.07. The lowest BCUT2D eigenvalue weighted by Crippen LogP contribution is -2.44. The number of hydrogen-bond acceptors (Lipinski definition) is 5. The molecular formula is C22H36IN5O4. The minimum Gasteiger partial charge on any atom is -0.497 e. The van der Waals surface area contributed by atoms with Crippen LogP contribution >= 0.6 is 24.0 Å².